The van der Waals surface area contributed by atoms with E-state index in [0.717, 1.165) is 6.42 Å². The van der Waals surface area contributed by atoms with Gasteiger partial charge in [0.1, 0.15) is 0 Å². The lowest BCUT2D eigenvalue weighted by Gasteiger charge is -2.07. The van der Waals surface area contributed by atoms with Gasteiger partial charge in [0.25, 0.3) is 0 Å². The first-order chi connectivity index (χ1) is 5.85. The molecule has 0 heteroatoms. The maximum Gasteiger partial charge on any atom is 0.0202 e. The lowest BCUT2D eigenvalue weighted by atomic mass is 9.98. The summed E-state index contributed by atoms with van der Waals surface area (Å²) in [4.78, 5) is 0. The second-order valence-corrected chi connectivity index (χ2v) is 3.30. The van der Waals surface area contributed by atoms with E-state index in [0.29, 0.717) is 5.92 Å². The lowest BCUT2D eigenvalue weighted by molar-refractivity contribution is 0.526. The fourth-order valence-corrected chi connectivity index (χ4v) is 1.33. The number of hydrogen-bond donors (Lipinski definition) is 0. The van der Waals surface area contributed by atoms with Gasteiger partial charge in [-0.1, -0.05) is 46.0 Å². The summed E-state index contributed by atoms with van der Waals surface area (Å²) in [5, 5.41) is 0. The van der Waals surface area contributed by atoms with Crippen molar-refractivity contribution in [2.45, 2.75) is 59.3 Å². The molecule has 12 heavy (non-hydrogen) atoms. The summed E-state index contributed by atoms with van der Waals surface area (Å²) in [6.07, 6.45) is 7.50. The Bertz CT molecular complexity index is 136. The summed E-state index contributed by atoms with van der Waals surface area (Å²) >= 11 is 0. The van der Waals surface area contributed by atoms with E-state index in [9.17, 15) is 0 Å². The molecular formula is C12H22. The molecule has 1 unspecified atom stereocenters. The van der Waals surface area contributed by atoms with Crippen molar-refractivity contribution in [1.82, 2.24) is 0 Å². The molecule has 0 rings (SSSR count). The predicted octanol–water partition coefficient (Wildman–Crippen LogP) is 4.01. The molecule has 0 aliphatic heterocycles. The minimum absolute atomic E-state index is 0.676. The van der Waals surface area contributed by atoms with Crippen LogP contribution >= 0.6 is 0 Å². The molecule has 0 heterocycles. The van der Waals surface area contributed by atoms with E-state index in [2.05, 4.69) is 32.6 Å². The average molecular weight is 166 g/mol. The fourth-order valence-electron chi connectivity index (χ4n) is 1.33. The van der Waals surface area contributed by atoms with Gasteiger partial charge in [0, 0.05) is 12.3 Å². The van der Waals surface area contributed by atoms with Crippen LogP contribution in [0.1, 0.15) is 59.3 Å². The largest absolute Gasteiger partial charge is 0.103 e. The van der Waals surface area contributed by atoms with E-state index < -0.39 is 0 Å². The van der Waals surface area contributed by atoms with Gasteiger partial charge in [0.15, 0.2) is 0 Å². The highest BCUT2D eigenvalue weighted by Gasteiger charge is 2.01. The van der Waals surface area contributed by atoms with Crippen LogP contribution in [-0.2, 0) is 0 Å². The molecule has 1 atom stereocenters. The quantitative estimate of drug-likeness (QED) is 0.541. The van der Waals surface area contributed by atoms with Crippen molar-refractivity contribution < 1.29 is 0 Å². The van der Waals surface area contributed by atoms with Gasteiger partial charge in [-0.05, 0) is 12.8 Å². The molecule has 0 aromatic rings. The van der Waals surface area contributed by atoms with Crippen molar-refractivity contribution in [3.8, 4) is 11.8 Å². The van der Waals surface area contributed by atoms with Gasteiger partial charge in [0.05, 0.1) is 0 Å². The van der Waals surface area contributed by atoms with Gasteiger partial charge in [-0.3, -0.25) is 0 Å². The molecule has 0 spiro atoms. The van der Waals surface area contributed by atoms with Crippen LogP contribution in [0.3, 0.4) is 0 Å². The van der Waals surface area contributed by atoms with Crippen LogP contribution in [0.15, 0.2) is 0 Å². The Morgan fingerprint density at radius 2 is 1.75 bits per heavy atom. The molecule has 0 N–H and O–H groups in total. The minimum Gasteiger partial charge on any atom is -0.103 e. The lowest BCUT2D eigenvalue weighted by Crippen LogP contribution is -1.96. The molecule has 0 saturated carbocycles. The molecule has 0 bridgehead atoms. The van der Waals surface area contributed by atoms with Gasteiger partial charge in [0.2, 0.25) is 0 Å². The third-order valence-electron chi connectivity index (χ3n) is 2.03. The molecule has 0 aliphatic carbocycles. The monoisotopic (exact) mass is 166 g/mol. The Hall–Kier alpha value is -0.440. The van der Waals surface area contributed by atoms with Crippen molar-refractivity contribution in [3.63, 3.8) is 0 Å². The Morgan fingerprint density at radius 3 is 2.25 bits per heavy atom. The molecular weight excluding hydrogens is 144 g/mol. The SMILES string of the molecule is CCC#CC(CCC)CCCC. The first kappa shape index (κ1) is 11.6. The molecule has 0 saturated heterocycles. The smallest absolute Gasteiger partial charge is 0.0202 e. The molecule has 70 valence electrons. The Balaban J connectivity index is 3.69. The van der Waals surface area contributed by atoms with Gasteiger partial charge in [-0.25, -0.2) is 0 Å². The van der Waals surface area contributed by atoms with E-state index in [1.165, 1.54) is 32.1 Å². The number of rotatable bonds is 5. The molecule has 0 amide bonds. The highest BCUT2D eigenvalue weighted by molar-refractivity contribution is 5.02. The van der Waals surface area contributed by atoms with E-state index in [-0.39, 0.29) is 0 Å². The minimum atomic E-state index is 0.676. The zero-order valence-electron chi connectivity index (χ0n) is 8.82. The zero-order valence-corrected chi connectivity index (χ0v) is 8.82. The summed E-state index contributed by atoms with van der Waals surface area (Å²) < 4.78 is 0. The summed E-state index contributed by atoms with van der Waals surface area (Å²) in [5.41, 5.74) is 0. The molecule has 0 aromatic carbocycles. The predicted molar refractivity (Wildman–Crippen MR) is 56.0 cm³/mol. The number of unbranched alkanes of at least 4 members (excludes halogenated alkanes) is 1. The standard InChI is InChI=1S/C12H22/c1-4-7-10-12(9-6-3)11-8-5-2/h12H,4-7,9-10H2,1-3H3. The maximum absolute atomic E-state index is 3.36. The van der Waals surface area contributed by atoms with Crippen LogP contribution in [0.5, 0.6) is 0 Å². The third kappa shape index (κ3) is 6.28. The summed E-state index contributed by atoms with van der Waals surface area (Å²) in [7, 11) is 0. The Kier molecular flexibility index (Phi) is 8.34. The van der Waals surface area contributed by atoms with Gasteiger partial charge in [-0.2, -0.15) is 0 Å². The Morgan fingerprint density at radius 1 is 1.00 bits per heavy atom. The average Bonchev–Trinajstić information content (AvgIpc) is 2.10. The molecule has 0 nitrogen and oxygen atoms in total. The first-order valence-corrected chi connectivity index (χ1v) is 5.33. The summed E-state index contributed by atoms with van der Waals surface area (Å²) in [6, 6.07) is 0. The molecule has 0 aromatic heterocycles. The fraction of sp³-hybridized carbons (Fsp3) is 0.833. The van der Waals surface area contributed by atoms with E-state index in [4.69, 9.17) is 0 Å². The van der Waals surface area contributed by atoms with E-state index >= 15 is 0 Å². The summed E-state index contributed by atoms with van der Waals surface area (Å²) in [5.74, 6) is 7.22. The second-order valence-electron chi connectivity index (χ2n) is 3.30. The van der Waals surface area contributed by atoms with Crippen LogP contribution < -0.4 is 0 Å². The van der Waals surface area contributed by atoms with Crippen molar-refractivity contribution in [2.75, 3.05) is 0 Å². The highest BCUT2D eigenvalue weighted by atomic mass is 14.1. The van der Waals surface area contributed by atoms with Crippen LogP contribution in [0, 0.1) is 17.8 Å². The van der Waals surface area contributed by atoms with Crippen molar-refractivity contribution in [3.05, 3.63) is 0 Å². The van der Waals surface area contributed by atoms with Crippen molar-refractivity contribution in [2.24, 2.45) is 5.92 Å². The van der Waals surface area contributed by atoms with Gasteiger partial charge < -0.3 is 0 Å². The molecule has 0 aliphatic rings. The Labute approximate surface area is 77.8 Å². The second kappa shape index (κ2) is 8.65. The first-order valence-electron chi connectivity index (χ1n) is 5.33. The van der Waals surface area contributed by atoms with Crippen molar-refractivity contribution >= 4 is 0 Å². The van der Waals surface area contributed by atoms with Crippen LogP contribution in [0.4, 0.5) is 0 Å². The highest BCUT2D eigenvalue weighted by Crippen LogP contribution is 2.13. The summed E-state index contributed by atoms with van der Waals surface area (Å²) in [6.45, 7) is 6.61. The van der Waals surface area contributed by atoms with Crippen LogP contribution in [0.2, 0.25) is 0 Å². The topological polar surface area (TPSA) is 0 Å². The normalized spacial score (nSPS) is 11.9. The molecule has 0 fully saturated rings. The van der Waals surface area contributed by atoms with Gasteiger partial charge in [-0.15, -0.1) is 5.92 Å². The third-order valence-corrected chi connectivity index (χ3v) is 2.03. The van der Waals surface area contributed by atoms with E-state index in [1.54, 1.807) is 0 Å². The maximum atomic E-state index is 3.36. The van der Waals surface area contributed by atoms with Gasteiger partial charge >= 0.3 is 0 Å². The van der Waals surface area contributed by atoms with Crippen molar-refractivity contribution in [1.29, 1.82) is 0 Å². The van der Waals surface area contributed by atoms with Crippen LogP contribution in [-0.4, -0.2) is 0 Å². The zero-order chi connectivity index (χ0) is 9.23. The molecule has 0 radical (unpaired) electrons. The van der Waals surface area contributed by atoms with Crippen LogP contribution in [0.25, 0.3) is 0 Å². The van der Waals surface area contributed by atoms with E-state index in [1.807, 2.05) is 0 Å². The number of hydrogen-bond acceptors (Lipinski definition) is 0.